The number of para-hydroxylation sites is 1. The number of carbonyl (C=O) groups is 3. The first-order chi connectivity index (χ1) is 13.5. The Morgan fingerprint density at radius 1 is 1.32 bits per heavy atom. The maximum Gasteiger partial charge on any atom is 0.271 e. The third-order valence-corrected chi connectivity index (χ3v) is 5.47. The number of aromatic nitrogens is 1. The number of rotatable bonds is 6. The molecule has 1 aliphatic rings. The Kier molecular flexibility index (Phi) is 6.25. The third kappa shape index (κ3) is 4.14. The number of carbonyl (C=O) groups excluding carboxylic acids is 3. The van der Waals surface area contributed by atoms with Gasteiger partial charge in [0.2, 0.25) is 11.8 Å². The first-order valence-corrected chi connectivity index (χ1v) is 9.81. The Hall–Kier alpha value is -2.94. The standard InChI is InChI=1S/C19H22N4O4S/c1-20-18(26)14-7-5-9-23(14)16(24)10-21-17(25)13-11-28-19(22-13)12-6-3-4-8-15(12)27-2/h3-4,6,8,11,14H,5,7,9-10H2,1-2H3,(H,20,26)(H,21,25). The summed E-state index contributed by atoms with van der Waals surface area (Å²) in [5, 5.41) is 7.47. The van der Waals surface area contributed by atoms with Gasteiger partial charge in [0.25, 0.3) is 5.91 Å². The second-order valence-corrected chi connectivity index (χ2v) is 7.14. The number of thiazole rings is 1. The van der Waals surface area contributed by atoms with Gasteiger partial charge in [0.15, 0.2) is 0 Å². The van der Waals surface area contributed by atoms with Crippen LogP contribution in [-0.4, -0.2) is 60.9 Å². The largest absolute Gasteiger partial charge is 0.496 e. The highest BCUT2D eigenvalue weighted by Gasteiger charge is 2.33. The first-order valence-electron chi connectivity index (χ1n) is 8.93. The van der Waals surface area contributed by atoms with Gasteiger partial charge >= 0.3 is 0 Å². The number of hydrogen-bond donors (Lipinski definition) is 2. The molecule has 1 fully saturated rings. The van der Waals surface area contributed by atoms with Crippen molar-refractivity contribution in [3.8, 4) is 16.3 Å². The third-order valence-electron chi connectivity index (χ3n) is 4.60. The molecule has 1 saturated heterocycles. The highest BCUT2D eigenvalue weighted by molar-refractivity contribution is 7.13. The van der Waals surface area contributed by atoms with Gasteiger partial charge < -0.3 is 20.3 Å². The molecule has 0 aliphatic carbocycles. The number of likely N-dealkylation sites (N-methyl/N-ethyl adjacent to an activating group) is 1. The van der Waals surface area contributed by atoms with E-state index in [1.165, 1.54) is 16.2 Å². The lowest BCUT2D eigenvalue weighted by molar-refractivity contribution is -0.137. The van der Waals surface area contributed by atoms with Crippen LogP contribution in [0.1, 0.15) is 23.3 Å². The quantitative estimate of drug-likeness (QED) is 0.758. The van der Waals surface area contributed by atoms with Crippen LogP contribution in [0.3, 0.4) is 0 Å². The van der Waals surface area contributed by atoms with Gasteiger partial charge in [0.05, 0.1) is 19.2 Å². The highest BCUT2D eigenvalue weighted by Crippen LogP contribution is 2.31. The summed E-state index contributed by atoms with van der Waals surface area (Å²) >= 11 is 1.33. The summed E-state index contributed by atoms with van der Waals surface area (Å²) in [6, 6.07) is 6.96. The van der Waals surface area contributed by atoms with Crippen molar-refractivity contribution in [2.75, 3.05) is 27.2 Å². The molecule has 28 heavy (non-hydrogen) atoms. The maximum atomic E-state index is 12.4. The maximum absolute atomic E-state index is 12.4. The van der Waals surface area contributed by atoms with Gasteiger partial charge in [-0.1, -0.05) is 12.1 Å². The fourth-order valence-corrected chi connectivity index (χ4v) is 4.01. The second-order valence-electron chi connectivity index (χ2n) is 6.28. The molecule has 148 valence electrons. The van der Waals surface area contributed by atoms with Crippen molar-refractivity contribution in [1.82, 2.24) is 20.5 Å². The van der Waals surface area contributed by atoms with Crippen molar-refractivity contribution >= 4 is 29.1 Å². The van der Waals surface area contributed by atoms with E-state index < -0.39 is 11.9 Å². The van der Waals surface area contributed by atoms with E-state index in [9.17, 15) is 14.4 Å². The summed E-state index contributed by atoms with van der Waals surface area (Å²) < 4.78 is 5.33. The van der Waals surface area contributed by atoms with Gasteiger partial charge in [0, 0.05) is 19.0 Å². The molecular weight excluding hydrogens is 380 g/mol. The van der Waals surface area contributed by atoms with Crippen LogP contribution in [0.2, 0.25) is 0 Å². The molecule has 0 saturated carbocycles. The zero-order valence-electron chi connectivity index (χ0n) is 15.7. The van der Waals surface area contributed by atoms with E-state index in [-0.39, 0.29) is 24.1 Å². The van der Waals surface area contributed by atoms with E-state index >= 15 is 0 Å². The lowest BCUT2D eigenvalue weighted by atomic mass is 10.2. The number of hydrogen-bond acceptors (Lipinski definition) is 6. The summed E-state index contributed by atoms with van der Waals surface area (Å²) in [5.41, 5.74) is 1.04. The number of amides is 3. The normalized spacial score (nSPS) is 15.9. The molecule has 3 amide bonds. The Morgan fingerprint density at radius 3 is 2.86 bits per heavy atom. The summed E-state index contributed by atoms with van der Waals surface area (Å²) in [7, 11) is 3.13. The molecule has 2 N–H and O–H groups in total. The van der Waals surface area contributed by atoms with Crippen molar-refractivity contribution in [2.45, 2.75) is 18.9 Å². The van der Waals surface area contributed by atoms with E-state index in [2.05, 4.69) is 15.6 Å². The van der Waals surface area contributed by atoms with Crippen LogP contribution >= 0.6 is 11.3 Å². The fourth-order valence-electron chi connectivity index (χ4n) is 3.18. The van der Waals surface area contributed by atoms with Crippen LogP contribution in [0.4, 0.5) is 0 Å². The summed E-state index contributed by atoms with van der Waals surface area (Å²) in [6.45, 7) is 0.343. The molecule has 9 heteroatoms. The molecule has 1 aliphatic heterocycles. The SMILES string of the molecule is CNC(=O)C1CCCN1C(=O)CNC(=O)c1csc(-c2ccccc2OC)n1. The van der Waals surface area contributed by atoms with Crippen molar-refractivity contribution in [2.24, 2.45) is 0 Å². The monoisotopic (exact) mass is 402 g/mol. The van der Waals surface area contributed by atoms with Gasteiger partial charge in [-0.15, -0.1) is 11.3 Å². The number of nitrogens with one attached hydrogen (secondary N) is 2. The molecule has 1 unspecified atom stereocenters. The van der Waals surface area contributed by atoms with Crippen molar-refractivity contribution in [1.29, 1.82) is 0 Å². The molecule has 1 atom stereocenters. The predicted octanol–water partition coefficient (Wildman–Crippen LogP) is 1.29. The predicted molar refractivity (Wildman–Crippen MR) is 105 cm³/mol. The fraction of sp³-hybridized carbons (Fsp3) is 0.368. The number of benzene rings is 1. The summed E-state index contributed by atoms with van der Waals surface area (Å²) in [4.78, 5) is 42.5. The first kappa shape index (κ1) is 19.8. The highest BCUT2D eigenvalue weighted by atomic mass is 32.1. The van der Waals surface area contributed by atoms with Crippen LogP contribution < -0.4 is 15.4 Å². The molecule has 1 aromatic carbocycles. The zero-order chi connectivity index (χ0) is 20.1. The minimum absolute atomic E-state index is 0.173. The second kappa shape index (κ2) is 8.83. The Morgan fingerprint density at radius 2 is 2.11 bits per heavy atom. The van der Waals surface area contributed by atoms with E-state index in [0.29, 0.717) is 23.7 Å². The molecular formula is C19H22N4O4S. The van der Waals surface area contributed by atoms with E-state index in [0.717, 1.165) is 12.0 Å². The molecule has 0 spiro atoms. The Labute approximate surface area is 166 Å². The van der Waals surface area contributed by atoms with Crippen LogP contribution in [0, 0.1) is 0 Å². The lowest BCUT2D eigenvalue weighted by Crippen LogP contribution is -2.48. The Bertz CT molecular complexity index is 882. The molecule has 0 bridgehead atoms. The van der Waals surface area contributed by atoms with E-state index in [1.54, 1.807) is 19.5 Å². The van der Waals surface area contributed by atoms with Crippen molar-refractivity contribution < 1.29 is 19.1 Å². The van der Waals surface area contributed by atoms with E-state index in [4.69, 9.17) is 4.74 Å². The van der Waals surface area contributed by atoms with Gasteiger partial charge in [-0.2, -0.15) is 0 Å². The van der Waals surface area contributed by atoms with Crippen molar-refractivity contribution in [3.05, 3.63) is 35.3 Å². The van der Waals surface area contributed by atoms with Crippen LogP contribution in [0.15, 0.2) is 29.6 Å². The van der Waals surface area contributed by atoms with Gasteiger partial charge in [-0.25, -0.2) is 4.98 Å². The molecule has 0 radical (unpaired) electrons. The topological polar surface area (TPSA) is 101 Å². The van der Waals surface area contributed by atoms with E-state index in [1.807, 2.05) is 24.3 Å². The molecule has 2 heterocycles. The summed E-state index contributed by atoms with van der Waals surface area (Å²) in [6.07, 6.45) is 1.40. The average molecular weight is 402 g/mol. The van der Waals surface area contributed by atoms with Crippen molar-refractivity contribution in [3.63, 3.8) is 0 Å². The van der Waals surface area contributed by atoms with Crippen LogP contribution in [0.5, 0.6) is 5.75 Å². The minimum Gasteiger partial charge on any atom is -0.496 e. The molecule has 3 rings (SSSR count). The number of methoxy groups -OCH3 is 1. The Balaban J connectivity index is 1.62. The number of ether oxygens (including phenoxy) is 1. The average Bonchev–Trinajstić information content (AvgIpc) is 3.41. The number of likely N-dealkylation sites (tertiary alicyclic amines) is 1. The lowest BCUT2D eigenvalue weighted by Gasteiger charge is -2.23. The molecule has 1 aromatic heterocycles. The van der Waals surface area contributed by atoms with Gasteiger partial charge in [0.1, 0.15) is 22.5 Å². The number of nitrogens with zero attached hydrogens (tertiary/aromatic N) is 2. The van der Waals surface area contributed by atoms with Gasteiger partial charge in [-0.05, 0) is 25.0 Å². The molecule has 8 nitrogen and oxygen atoms in total. The van der Waals surface area contributed by atoms with Crippen LogP contribution in [0.25, 0.3) is 10.6 Å². The molecule has 2 aromatic rings. The summed E-state index contributed by atoms with van der Waals surface area (Å²) in [5.74, 6) is -0.215. The van der Waals surface area contributed by atoms with Crippen LogP contribution in [-0.2, 0) is 9.59 Å². The van der Waals surface area contributed by atoms with Gasteiger partial charge in [-0.3, -0.25) is 14.4 Å². The smallest absolute Gasteiger partial charge is 0.271 e. The minimum atomic E-state index is -0.467. The zero-order valence-corrected chi connectivity index (χ0v) is 16.5.